The molecule has 10 nitrogen and oxygen atoms in total. The first kappa shape index (κ1) is 22.7. The second kappa shape index (κ2) is 9.73. The number of hydrogen-bond donors (Lipinski definition) is 0. The van der Waals surface area contributed by atoms with Gasteiger partial charge in [0.2, 0.25) is 5.88 Å². The number of fused-ring (bicyclic) bond motifs is 2. The number of esters is 1. The highest BCUT2D eigenvalue weighted by atomic mass is 16.5. The third-order valence-corrected chi connectivity index (χ3v) is 6.05. The summed E-state index contributed by atoms with van der Waals surface area (Å²) in [6.07, 6.45) is 5.59. The molecule has 0 radical (unpaired) electrons. The largest absolute Gasteiger partial charge is 0.493 e. The van der Waals surface area contributed by atoms with E-state index in [0.717, 1.165) is 23.3 Å². The van der Waals surface area contributed by atoms with Gasteiger partial charge in [0.15, 0.2) is 11.2 Å². The number of ether oxygens (including phenoxy) is 3. The van der Waals surface area contributed by atoms with E-state index < -0.39 is 5.97 Å². The van der Waals surface area contributed by atoms with E-state index >= 15 is 0 Å². The lowest BCUT2D eigenvalue weighted by Crippen LogP contribution is -2.08. The van der Waals surface area contributed by atoms with E-state index in [1.165, 1.54) is 22.6 Å². The molecule has 0 aliphatic carbocycles. The van der Waals surface area contributed by atoms with Crippen molar-refractivity contribution in [2.75, 3.05) is 13.2 Å². The van der Waals surface area contributed by atoms with Crippen molar-refractivity contribution < 1.29 is 19.0 Å². The number of carbonyl (C=O) groups is 1. The molecule has 0 N–H and O–H groups in total. The number of aromatic nitrogens is 6. The van der Waals surface area contributed by atoms with Gasteiger partial charge in [-0.25, -0.2) is 14.5 Å². The first-order chi connectivity index (χ1) is 18.2. The molecule has 0 saturated carbocycles. The summed E-state index contributed by atoms with van der Waals surface area (Å²) in [7, 11) is 0. The Kier molecular flexibility index (Phi) is 5.97. The minimum absolute atomic E-state index is 0.242. The molecule has 2 aromatic carbocycles. The molecular formula is C27H24N6O4. The highest BCUT2D eigenvalue weighted by Crippen LogP contribution is 2.28. The second-order valence-electron chi connectivity index (χ2n) is 8.58. The van der Waals surface area contributed by atoms with Gasteiger partial charge in [-0.2, -0.15) is 15.1 Å². The van der Waals surface area contributed by atoms with Crippen LogP contribution in [0, 0.1) is 0 Å². The molecule has 10 heteroatoms. The van der Waals surface area contributed by atoms with Gasteiger partial charge in [-0.15, -0.1) is 0 Å². The molecule has 1 aliphatic rings. The van der Waals surface area contributed by atoms with Crippen molar-refractivity contribution >= 4 is 17.1 Å². The fourth-order valence-electron chi connectivity index (χ4n) is 4.27. The van der Waals surface area contributed by atoms with Gasteiger partial charge in [0.05, 0.1) is 31.3 Å². The summed E-state index contributed by atoms with van der Waals surface area (Å²) in [6, 6.07) is 16.1. The molecule has 0 amide bonds. The molecule has 0 bridgehead atoms. The third kappa shape index (κ3) is 4.61. The molecule has 6 rings (SSSR count). The van der Waals surface area contributed by atoms with Crippen LogP contribution in [0.25, 0.3) is 17.1 Å². The molecule has 3 aromatic heterocycles. The summed E-state index contributed by atoms with van der Waals surface area (Å²) in [4.78, 5) is 25.9. The molecule has 37 heavy (non-hydrogen) atoms. The van der Waals surface area contributed by atoms with E-state index in [9.17, 15) is 4.79 Å². The standard InChI is InChI=1S/C27H24N6O4/c1-2-35-26(34)21-13-29-33(15-21)27-30-24-23(25(31-27)37-16-18-6-4-3-5-7-18)32(17-28-24)14-19-8-9-22-20(12-19)10-11-36-22/h3-9,12-13,15,17H,2,10-11,14,16H2,1H3. The van der Waals surface area contributed by atoms with Gasteiger partial charge in [-0.05, 0) is 29.7 Å². The Labute approximate surface area is 212 Å². The fraction of sp³-hybridized carbons (Fsp3) is 0.222. The second-order valence-corrected chi connectivity index (χ2v) is 8.58. The Morgan fingerprint density at radius 1 is 1.11 bits per heavy atom. The Morgan fingerprint density at radius 2 is 2.00 bits per heavy atom. The Balaban J connectivity index is 1.37. The van der Waals surface area contributed by atoms with Crippen LogP contribution in [0.15, 0.2) is 67.3 Å². The van der Waals surface area contributed by atoms with Crippen molar-refractivity contribution in [3.63, 3.8) is 0 Å². The van der Waals surface area contributed by atoms with E-state index in [0.29, 0.717) is 42.4 Å². The topological polar surface area (TPSA) is 106 Å². The molecule has 4 heterocycles. The molecule has 1 aliphatic heterocycles. The van der Waals surface area contributed by atoms with E-state index in [4.69, 9.17) is 14.2 Å². The van der Waals surface area contributed by atoms with Crippen molar-refractivity contribution in [3.05, 3.63) is 89.5 Å². The first-order valence-corrected chi connectivity index (χ1v) is 12.0. The van der Waals surface area contributed by atoms with Crippen molar-refractivity contribution in [2.45, 2.75) is 26.5 Å². The number of imidazole rings is 1. The van der Waals surface area contributed by atoms with Gasteiger partial charge in [-0.3, -0.25) is 0 Å². The SMILES string of the molecule is CCOC(=O)c1cnn(-c2nc(OCc3ccccc3)c3c(ncn3Cc3ccc4c(c3)CCO4)n2)c1. The third-order valence-electron chi connectivity index (χ3n) is 6.05. The van der Waals surface area contributed by atoms with Gasteiger partial charge in [0.1, 0.15) is 12.4 Å². The molecular weight excluding hydrogens is 472 g/mol. The van der Waals surface area contributed by atoms with Crippen molar-refractivity contribution in [2.24, 2.45) is 0 Å². The van der Waals surface area contributed by atoms with E-state index in [1.807, 2.05) is 41.0 Å². The normalized spacial score (nSPS) is 12.4. The van der Waals surface area contributed by atoms with Crippen molar-refractivity contribution in [1.29, 1.82) is 0 Å². The predicted molar refractivity (Wildman–Crippen MR) is 134 cm³/mol. The summed E-state index contributed by atoms with van der Waals surface area (Å²) < 4.78 is 20.3. The minimum atomic E-state index is -0.459. The average molecular weight is 497 g/mol. The van der Waals surface area contributed by atoms with E-state index in [2.05, 4.69) is 32.2 Å². The average Bonchev–Trinajstić information content (AvgIpc) is 3.68. The van der Waals surface area contributed by atoms with E-state index in [-0.39, 0.29) is 12.6 Å². The maximum absolute atomic E-state index is 12.1. The minimum Gasteiger partial charge on any atom is -0.493 e. The fourth-order valence-corrected chi connectivity index (χ4v) is 4.27. The van der Waals surface area contributed by atoms with Gasteiger partial charge in [0, 0.05) is 19.2 Å². The molecule has 5 aromatic rings. The van der Waals surface area contributed by atoms with Crippen LogP contribution >= 0.6 is 0 Å². The molecule has 0 unspecified atom stereocenters. The van der Waals surface area contributed by atoms with Crippen LogP contribution in [-0.4, -0.2) is 48.5 Å². The zero-order valence-electron chi connectivity index (χ0n) is 20.2. The Morgan fingerprint density at radius 3 is 2.86 bits per heavy atom. The Hall–Kier alpha value is -4.73. The van der Waals surface area contributed by atoms with Crippen LogP contribution in [0.3, 0.4) is 0 Å². The summed E-state index contributed by atoms with van der Waals surface area (Å²) in [5, 5.41) is 4.25. The number of rotatable bonds is 8. The first-order valence-electron chi connectivity index (χ1n) is 12.0. The maximum Gasteiger partial charge on any atom is 0.341 e. The van der Waals surface area contributed by atoms with Crippen LogP contribution in [0.5, 0.6) is 11.6 Å². The van der Waals surface area contributed by atoms with Gasteiger partial charge in [0.25, 0.3) is 5.95 Å². The number of carbonyl (C=O) groups excluding carboxylic acids is 1. The molecule has 0 saturated heterocycles. The number of nitrogens with zero attached hydrogens (tertiary/aromatic N) is 6. The predicted octanol–water partition coefficient (Wildman–Crippen LogP) is 3.75. The van der Waals surface area contributed by atoms with Gasteiger partial charge in [-0.1, -0.05) is 42.5 Å². The number of hydrogen-bond acceptors (Lipinski definition) is 8. The Bertz CT molecular complexity index is 1580. The zero-order valence-corrected chi connectivity index (χ0v) is 20.2. The van der Waals surface area contributed by atoms with Crippen molar-refractivity contribution in [3.8, 4) is 17.6 Å². The van der Waals surface area contributed by atoms with Gasteiger partial charge < -0.3 is 18.8 Å². The lowest BCUT2D eigenvalue weighted by Gasteiger charge is -2.11. The summed E-state index contributed by atoms with van der Waals surface area (Å²) in [5.41, 5.74) is 4.78. The van der Waals surface area contributed by atoms with Crippen LogP contribution < -0.4 is 9.47 Å². The summed E-state index contributed by atoms with van der Waals surface area (Å²) >= 11 is 0. The van der Waals surface area contributed by atoms with Crippen LogP contribution in [0.2, 0.25) is 0 Å². The summed E-state index contributed by atoms with van der Waals surface area (Å²) in [6.45, 7) is 3.64. The maximum atomic E-state index is 12.1. The van der Waals surface area contributed by atoms with Crippen LogP contribution in [0.4, 0.5) is 0 Å². The lowest BCUT2D eigenvalue weighted by atomic mass is 10.1. The molecule has 0 spiro atoms. The molecule has 186 valence electrons. The summed E-state index contributed by atoms with van der Waals surface area (Å²) in [5.74, 6) is 1.10. The van der Waals surface area contributed by atoms with Crippen LogP contribution in [0.1, 0.15) is 34.0 Å². The quantitative estimate of drug-likeness (QED) is 0.299. The van der Waals surface area contributed by atoms with Gasteiger partial charge >= 0.3 is 5.97 Å². The van der Waals surface area contributed by atoms with Crippen molar-refractivity contribution in [1.82, 2.24) is 29.3 Å². The molecule has 0 atom stereocenters. The number of benzene rings is 2. The highest BCUT2D eigenvalue weighted by Gasteiger charge is 2.19. The monoisotopic (exact) mass is 496 g/mol. The smallest absolute Gasteiger partial charge is 0.341 e. The highest BCUT2D eigenvalue weighted by molar-refractivity contribution is 5.88. The lowest BCUT2D eigenvalue weighted by molar-refractivity contribution is 0.0526. The molecule has 0 fully saturated rings. The van der Waals surface area contributed by atoms with Crippen LogP contribution in [-0.2, 0) is 24.3 Å². The van der Waals surface area contributed by atoms with E-state index in [1.54, 1.807) is 13.3 Å². The zero-order chi connectivity index (χ0) is 25.2.